The van der Waals surface area contributed by atoms with Gasteiger partial charge in [-0.1, -0.05) is 78.4 Å². The van der Waals surface area contributed by atoms with Crippen LogP contribution in [-0.2, 0) is 23.8 Å². The zero-order valence-corrected chi connectivity index (χ0v) is 36.1. The Balaban J connectivity index is 1.02. The number of amides is 2. The van der Waals surface area contributed by atoms with Crippen LogP contribution in [0.3, 0.4) is 0 Å². The third kappa shape index (κ3) is 10.4. The lowest BCUT2D eigenvalue weighted by molar-refractivity contribution is -0.311. The fourth-order valence-electron chi connectivity index (χ4n) is 12.2. The predicted octanol–water partition coefficient (Wildman–Crippen LogP) is 5.85. The molecule has 0 spiro atoms. The number of unbranched alkanes of at least 4 members (excludes halogenated alkanes) is 3. The number of carboxylic acids is 1. The Morgan fingerprint density at radius 2 is 1.71 bits per heavy atom. The van der Waals surface area contributed by atoms with Gasteiger partial charge in [-0.05, 0) is 104 Å². The van der Waals surface area contributed by atoms with Crippen LogP contribution in [0.1, 0.15) is 144 Å². The highest BCUT2D eigenvalue weighted by molar-refractivity contribution is 5.76. The molecule has 2 amide bonds. The minimum absolute atomic E-state index is 0.0407. The molecule has 58 heavy (non-hydrogen) atoms. The molecule has 332 valence electrons. The maximum absolute atomic E-state index is 12.8. The first-order chi connectivity index (χ1) is 27.5. The summed E-state index contributed by atoms with van der Waals surface area (Å²) >= 11 is 0. The summed E-state index contributed by atoms with van der Waals surface area (Å²) in [6, 6.07) is -1.24. The van der Waals surface area contributed by atoms with Crippen molar-refractivity contribution in [3.05, 3.63) is 11.6 Å². The van der Waals surface area contributed by atoms with Crippen molar-refractivity contribution in [2.24, 2.45) is 46.3 Å². The molecule has 0 aromatic carbocycles. The number of alkyl carbamates (subject to hydrolysis) is 1. The summed E-state index contributed by atoms with van der Waals surface area (Å²) in [5.74, 6) is 0.310. The fourth-order valence-corrected chi connectivity index (χ4v) is 12.2. The van der Waals surface area contributed by atoms with E-state index in [4.69, 9.17) is 14.2 Å². The minimum Gasteiger partial charge on any atom is -0.477 e. The quantitative estimate of drug-likeness (QED) is 0.0609. The van der Waals surface area contributed by atoms with Gasteiger partial charge in [-0.3, -0.25) is 4.79 Å². The second-order valence-electron chi connectivity index (χ2n) is 19.6. The first kappa shape index (κ1) is 46.8. The number of allylic oxidation sites excluding steroid dienone is 1. The highest BCUT2D eigenvalue weighted by atomic mass is 16.7. The summed E-state index contributed by atoms with van der Waals surface area (Å²) in [5.41, 5.74) is 2.16. The van der Waals surface area contributed by atoms with Gasteiger partial charge in [0, 0.05) is 26.3 Å². The van der Waals surface area contributed by atoms with Crippen molar-refractivity contribution in [2.45, 2.75) is 187 Å². The third-order valence-electron chi connectivity index (χ3n) is 15.4. The van der Waals surface area contributed by atoms with Crippen molar-refractivity contribution >= 4 is 18.0 Å². The molecule has 14 atom stereocenters. The van der Waals surface area contributed by atoms with Crippen LogP contribution in [0.25, 0.3) is 0 Å². The van der Waals surface area contributed by atoms with Gasteiger partial charge in [-0.25, -0.2) is 9.59 Å². The number of carbonyl (C=O) groups is 3. The summed E-state index contributed by atoms with van der Waals surface area (Å²) in [4.78, 5) is 36.9. The van der Waals surface area contributed by atoms with Gasteiger partial charge in [-0.2, -0.15) is 0 Å². The van der Waals surface area contributed by atoms with Crippen molar-refractivity contribution < 1.29 is 54.1 Å². The van der Waals surface area contributed by atoms with Crippen molar-refractivity contribution in [2.75, 3.05) is 19.8 Å². The average Bonchev–Trinajstić information content (AvgIpc) is 3.53. The molecule has 0 aromatic heterocycles. The SMILES string of the molecule is CC(=O)N[C@H]1[C@H]([C@H](O)[C@H](O)CO)O[C@@](OCCCCCCNC(=O)O[C@H]2CC[C@@]3(C)C(=CC[C@H]4[C@@H]5CC[C@H]([C@H](C)CCCC(C)C)[C@@]5(C)CC[C@@H]43)C2)(C(=O)O)C[C@@H]1O. The predicted molar refractivity (Wildman–Crippen MR) is 218 cm³/mol. The Morgan fingerprint density at radius 3 is 2.40 bits per heavy atom. The molecule has 13 nitrogen and oxygen atoms in total. The number of nitrogens with one attached hydrogen (secondary N) is 2. The van der Waals surface area contributed by atoms with E-state index < -0.39 is 67.2 Å². The summed E-state index contributed by atoms with van der Waals surface area (Å²) in [6.07, 6.45) is 10.9. The normalized spacial score (nSPS) is 37.4. The van der Waals surface area contributed by atoms with Gasteiger partial charge in [0.2, 0.25) is 5.91 Å². The topological polar surface area (TPSA) is 204 Å². The lowest BCUT2D eigenvalue weighted by Gasteiger charge is -2.58. The van der Waals surface area contributed by atoms with Gasteiger partial charge in [0.25, 0.3) is 5.79 Å². The van der Waals surface area contributed by atoms with E-state index >= 15 is 0 Å². The van der Waals surface area contributed by atoms with Crippen molar-refractivity contribution in [1.82, 2.24) is 10.6 Å². The van der Waals surface area contributed by atoms with Crippen molar-refractivity contribution in [3.8, 4) is 0 Å². The lowest BCUT2D eigenvalue weighted by Crippen LogP contribution is -2.67. The zero-order valence-electron chi connectivity index (χ0n) is 36.1. The molecule has 5 rings (SSSR count). The first-order valence-electron chi connectivity index (χ1n) is 22.6. The largest absolute Gasteiger partial charge is 0.477 e. The van der Waals surface area contributed by atoms with Crippen LogP contribution in [0.5, 0.6) is 0 Å². The van der Waals surface area contributed by atoms with Crippen LogP contribution in [-0.4, -0.2) is 106 Å². The Kier molecular flexibility index (Phi) is 16.2. The highest BCUT2D eigenvalue weighted by Crippen LogP contribution is 2.67. The molecule has 5 aliphatic rings. The summed E-state index contributed by atoms with van der Waals surface area (Å²) in [6.45, 7) is 13.1. The summed E-state index contributed by atoms with van der Waals surface area (Å²) in [7, 11) is 0. The molecular formula is C45H76N2O11. The molecule has 13 heteroatoms. The van der Waals surface area contributed by atoms with Gasteiger partial charge in [0.05, 0.1) is 25.4 Å². The maximum atomic E-state index is 12.8. The van der Waals surface area contributed by atoms with Crippen molar-refractivity contribution in [1.29, 1.82) is 0 Å². The van der Waals surface area contributed by atoms with E-state index in [-0.39, 0.29) is 18.1 Å². The van der Waals surface area contributed by atoms with Gasteiger partial charge in [0.15, 0.2) is 0 Å². The zero-order chi connectivity index (χ0) is 42.4. The third-order valence-corrected chi connectivity index (χ3v) is 15.4. The minimum atomic E-state index is -2.34. The molecule has 0 bridgehead atoms. The number of ether oxygens (including phenoxy) is 3. The van der Waals surface area contributed by atoms with Gasteiger partial charge in [-0.15, -0.1) is 0 Å². The molecule has 0 unspecified atom stereocenters. The fraction of sp³-hybridized carbons (Fsp3) is 0.889. The Bertz CT molecular complexity index is 1430. The van der Waals surface area contributed by atoms with Gasteiger partial charge < -0.3 is 50.4 Å². The van der Waals surface area contributed by atoms with Gasteiger partial charge >= 0.3 is 12.1 Å². The first-order valence-corrected chi connectivity index (χ1v) is 22.6. The second-order valence-corrected chi connectivity index (χ2v) is 19.6. The molecule has 0 radical (unpaired) electrons. The molecule has 1 heterocycles. The Labute approximate surface area is 346 Å². The molecule has 4 aliphatic carbocycles. The van der Waals surface area contributed by atoms with Crippen LogP contribution in [0, 0.1) is 46.3 Å². The molecular weight excluding hydrogens is 744 g/mol. The molecule has 1 saturated heterocycles. The van der Waals surface area contributed by atoms with E-state index in [1.807, 2.05) is 0 Å². The standard InChI is InChI=1S/C45H76N2O11/c1-27(2)12-11-13-28(3)33-16-17-34-32-15-14-30-24-31(18-20-43(30,5)35(32)19-21-44(33,34)6)57-42(55)46-22-9-7-8-10-23-56-45(41(53)54)25-36(50)38(47-29(4)49)40(58-45)39(52)37(51)26-48/h14,27-28,31-40,48,50-52H,7-13,15-26H2,1-6H3,(H,46,55)(H,47,49)(H,53,54)/t28-,31+,32+,33-,34+,35+,36+,37-,38-,39-,40-,43+,44-,45-/m1/s1. The van der Waals surface area contributed by atoms with E-state index in [9.17, 15) is 39.9 Å². The van der Waals surface area contributed by atoms with Crippen molar-refractivity contribution in [3.63, 3.8) is 0 Å². The highest BCUT2D eigenvalue weighted by Gasteiger charge is 2.59. The summed E-state index contributed by atoms with van der Waals surface area (Å²) < 4.78 is 17.3. The number of carboxylic acid groups (broad SMARTS) is 1. The molecule has 7 N–H and O–H groups in total. The van der Waals surface area contributed by atoms with Crippen LogP contribution in [0.4, 0.5) is 4.79 Å². The van der Waals surface area contributed by atoms with Crippen LogP contribution in [0.15, 0.2) is 11.6 Å². The molecule has 1 aliphatic heterocycles. The summed E-state index contributed by atoms with van der Waals surface area (Å²) in [5, 5.41) is 56.0. The molecule has 0 aromatic rings. The lowest BCUT2D eigenvalue weighted by atomic mass is 9.47. The number of hydrogen-bond acceptors (Lipinski definition) is 10. The van der Waals surface area contributed by atoms with E-state index in [1.165, 1.54) is 57.4 Å². The Hall–Kier alpha value is -2.29. The van der Waals surface area contributed by atoms with Crippen LogP contribution < -0.4 is 10.6 Å². The van der Waals surface area contributed by atoms with Crippen LogP contribution in [0.2, 0.25) is 0 Å². The van der Waals surface area contributed by atoms with Crippen LogP contribution >= 0.6 is 0 Å². The van der Waals surface area contributed by atoms with E-state index in [0.717, 1.165) is 67.6 Å². The van der Waals surface area contributed by atoms with Gasteiger partial charge in [0.1, 0.15) is 24.4 Å². The Morgan fingerprint density at radius 1 is 0.966 bits per heavy atom. The number of hydrogen-bond donors (Lipinski definition) is 7. The number of carbonyl (C=O) groups excluding carboxylic acids is 2. The molecule has 4 fully saturated rings. The number of rotatable bonds is 19. The average molecular weight is 821 g/mol. The number of aliphatic carboxylic acids is 1. The number of fused-ring (bicyclic) bond motifs is 5. The number of aliphatic hydroxyl groups excluding tert-OH is 4. The van der Waals surface area contributed by atoms with E-state index in [2.05, 4.69) is 51.3 Å². The molecule has 3 saturated carbocycles. The monoisotopic (exact) mass is 821 g/mol. The van der Waals surface area contributed by atoms with E-state index in [1.54, 1.807) is 0 Å². The second kappa shape index (κ2) is 20.1. The number of aliphatic hydroxyl groups is 4. The smallest absolute Gasteiger partial charge is 0.407 e. The van der Waals surface area contributed by atoms with E-state index in [0.29, 0.717) is 31.2 Å². The maximum Gasteiger partial charge on any atom is 0.407 e.